The van der Waals surface area contributed by atoms with Crippen molar-refractivity contribution in [3.8, 4) is 22.9 Å². The average molecular weight is 465 g/mol. The molecule has 176 valence electrons. The molecule has 0 unspecified atom stereocenters. The Balaban J connectivity index is 1.46. The van der Waals surface area contributed by atoms with Gasteiger partial charge in [0.15, 0.2) is 0 Å². The number of ether oxygens (including phenoxy) is 1. The van der Waals surface area contributed by atoms with E-state index in [1.807, 2.05) is 42.5 Å². The number of aromatic nitrogens is 1. The minimum atomic E-state index is -0.137. The van der Waals surface area contributed by atoms with E-state index >= 15 is 0 Å². The molecule has 0 radical (unpaired) electrons. The number of hydrogen-bond acceptors (Lipinski definition) is 5. The van der Waals surface area contributed by atoms with Crippen molar-refractivity contribution in [1.29, 1.82) is 5.26 Å². The molecule has 0 aliphatic carbocycles. The molecule has 1 aromatic heterocycles. The molecular formula is C29H28N4O2. The molecule has 1 aliphatic heterocycles. The highest BCUT2D eigenvalue weighted by Crippen LogP contribution is 2.32. The van der Waals surface area contributed by atoms with Crippen LogP contribution in [-0.4, -0.2) is 49.3 Å². The number of para-hydroxylation sites is 1. The largest absolute Gasteiger partial charge is 0.497 e. The second kappa shape index (κ2) is 10.0. The van der Waals surface area contributed by atoms with Crippen LogP contribution in [0.2, 0.25) is 0 Å². The van der Waals surface area contributed by atoms with Gasteiger partial charge in [0.2, 0.25) is 0 Å². The zero-order valence-corrected chi connectivity index (χ0v) is 19.9. The van der Waals surface area contributed by atoms with Gasteiger partial charge in [-0.2, -0.15) is 5.26 Å². The Hall–Kier alpha value is -4.08. The second-order valence-electron chi connectivity index (χ2n) is 8.73. The van der Waals surface area contributed by atoms with E-state index in [0.717, 1.165) is 42.7 Å². The molecule has 6 heteroatoms. The molecule has 1 saturated heterocycles. The summed E-state index contributed by atoms with van der Waals surface area (Å²) in [6, 6.07) is 28.1. The van der Waals surface area contributed by atoms with Crippen molar-refractivity contribution in [3.63, 3.8) is 0 Å². The van der Waals surface area contributed by atoms with Gasteiger partial charge in [-0.15, -0.1) is 0 Å². The predicted molar refractivity (Wildman–Crippen MR) is 140 cm³/mol. The van der Waals surface area contributed by atoms with Crippen LogP contribution in [0.4, 0.5) is 5.69 Å². The summed E-state index contributed by atoms with van der Waals surface area (Å²) in [5.74, 6) is 0.659. The van der Waals surface area contributed by atoms with Crippen molar-refractivity contribution in [2.45, 2.75) is 6.54 Å². The minimum absolute atomic E-state index is 0.137. The maximum atomic E-state index is 13.5. The van der Waals surface area contributed by atoms with E-state index in [9.17, 15) is 10.1 Å². The van der Waals surface area contributed by atoms with Crippen LogP contribution in [0.3, 0.4) is 0 Å². The van der Waals surface area contributed by atoms with Gasteiger partial charge in [0.1, 0.15) is 17.5 Å². The molecule has 1 aliphatic rings. The van der Waals surface area contributed by atoms with E-state index in [1.54, 1.807) is 23.8 Å². The minimum Gasteiger partial charge on any atom is -0.497 e. The van der Waals surface area contributed by atoms with Crippen molar-refractivity contribution in [1.82, 2.24) is 9.47 Å². The van der Waals surface area contributed by atoms with Gasteiger partial charge in [-0.1, -0.05) is 48.5 Å². The third-order valence-corrected chi connectivity index (χ3v) is 6.78. The summed E-state index contributed by atoms with van der Waals surface area (Å²) >= 11 is 0. The topological polar surface area (TPSA) is 61.5 Å². The van der Waals surface area contributed by atoms with Crippen LogP contribution in [0.1, 0.15) is 5.69 Å². The van der Waals surface area contributed by atoms with Gasteiger partial charge in [0.05, 0.1) is 7.11 Å². The number of hydrogen-bond donors (Lipinski definition) is 0. The Kier molecular flexibility index (Phi) is 6.51. The highest BCUT2D eigenvalue weighted by Gasteiger charge is 2.21. The van der Waals surface area contributed by atoms with Crippen molar-refractivity contribution < 1.29 is 4.74 Å². The van der Waals surface area contributed by atoms with E-state index in [4.69, 9.17) is 4.74 Å². The third kappa shape index (κ3) is 4.51. The van der Waals surface area contributed by atoms with Crippen LogP contribution >= 0.6 is 0 Å². The summed E-state index contributed by atoms with van der Waals surface area (Å²) in [5, 5.41) is 11.5. The molecule has 6 nitrogen and oxygen atoms in total. The first-order valence-corrected chi connectivity index (χ1v) is 11.9. The van der Waals surface area contributed by atoms with Gasteiger partial charge in [-0.3, -0.25) is 14.3 Å². The lowest BCUT2D eigenvalue weighted by Crippen LogP contribution is -2.47. The average Bonchev–Trinajstić information content (AvgIpc) is 2.93. The van der Waals surface area contributed by atoms with Crippen LogP contribution in [0.25, 0.3) is 21.9 Å². The summed E-state index contributed by atoms with van der Waals surface area (Å²) in [5.41, 5.74) is 3.18. The molecule has 2 heterocycles. The van der Waals surface area contributed by atoms with Crippen LogP contribution in [-0.2, 0) is 6.54 Å². The number of fused-ring (bicyclic) bond motifs is 1. The monoisotopic (exact) mass is 464 g/mol. The number of anilines is 1. The van der Waals surface area contributed by atoms with Gasteiger partial charge in [-0.05, 0) is 35.9 Å². The molecule has 0 saturated carbocycles. The first kappa shape index (κ1) is 22.7. The molecule has 0 atom stereocenters. The Morgan fingerprint density at radius 1 is 0.857 bits per heavy atom. The van der Waals surface area contributed by atoms with Crippen LogP contribution in [0.5, 0.6) is 5.75 Å². The fourth-order valence-corrected chi connectivity index (χ4v) is 4.89. The lowest BCUT2D eigenvalue weighted by atomic mass is 9.97. The first-order valence-electron chi connectivity index (χ1n) is 11.9. The van der Waals surface area contributed by atoms with Crippen molar-refractivity contribution in [2.75, 3.05) is 44.7 Å². The SMILES string of the molecule is COc1ccc2c(=O)n(CCN3CCN(c4ccccc4)CC3)c(C#N)c(-c3ccccc3)c2c1. The molecule has 0 spiro atoms. The molecule has 4 aromatic rings. The molecule has 5 rings (SSSR count). The summed E-state index contributed by atoms with van der Waals surface area (Å²) in [4.78, 5) is 18.3. The Morgan fingerprint density at radius 2 is 1.54 bits per heavy atom. The zero-order chi connectivity index (χ0) is 24.2. The molecular weight excluding hydrogens is 436 g/mol. The Morgan fingerprint density at radius 3 is 2.20 bits per heavy atom. The van der Waals surface area contributed by atoms with Crippen molar-refractivity contribution >= 4 is 16.5 Å². The second-order valence-corrected chi connectivity index (χ2v) is 8.73. The van der Waals surface area contributed by atoms with Crippen LogP contribution in [0, 0.1) is 11.3 Å². The van der Waals surface area contributed by atoms with Gasteiger partial charge in [-0.25, -0.2) is 0 Å². The fraction of sp³-hybridized carbons (Fsp3) is 0.241. The van der Waals surface area contributed by atoms with E-state index in [-0.39, 0.29) is 5.56 Å². The summed E-state index contributed by atoms with van der Waals surface area (Å²) in [6.07, 6.45) is 0. The first-order chi connectivity index (χ1) is 17.2. The Labute approximate surface area is 205 Å². The summed E-state index contributed by atoms with van der Waals surface area (Å²) < 4.78 is 7.08. The van der Waals surface area contributed by atoms with E-state index in [1.165, 1.54) is 5.69 Å². The number of benzene rings is 3. The predicted octanol–water partition coefficient (Wildman–Crippen LogP) is 4.37. The number of piperazine rings is 1. The highest BCUT2D eigenvalue weighted by molar-refractivity contribution is 5.99. The lowest BCUT2D eigenvalue weighted by Gasteiger charge is -2.36. The summed E-state index contributed by atoms with van der Waals surface area (Å²) in [6.45, 7) is 4.90. The summed E-state index contributed by atoms with van der Waals surface area (Å²) in [7, 11) is 1.60. The number of pyridine rings is 1. The smallest absolute Gasteiger partial charge is 0.259 e. The maximum Gasteiger partial charge on any atom is 0.259 e. The molecule has 1 fully saturated rings. The van der Waals surface area contributed by atoms with E-state index < -0.39 is 0 Å². The number of methoxy groups -OCH3 is 1. The number of nitriles is 1. The maximum absolute atomic E-state index is 13.5. The standard InChI is InChI=1S/C29H28N4O2/c1-35-24-12-13-25-26(20-24)28(22-8-4-2-5-9-22)27(21-30)33(29(25)34)19-16-31-14-17-32(18-15-31)23-10-6-3-7-11-23/h2-13,20H,14-19H2,1H3. The van der Waals surface area contributed by atoms with Crippen molar-refractivity contribution in [2.24, 2.45) is 0 Å². The third-order valence-electron chi connectivity index (χ3n) is 6.78. The quantitative estimate of drug-likeness (QED) is 0.424. The van der Waals surface area contributed by atoms with Gasteiger partial charge in [0.25, 0.3) is 5.56 Å². The normalized spacial score (nSPS) is 14.1. The van der Waals surface area contributed by atoms with Crippen LogP contribution < -0.4 is 15.2 Å². The number of rotatable bonds is 6. The van der Waals surface area contributed by atoms with E-state index in [2.05, 4.69) is 40.1 Å². The molecule has 0 N–H and O–H groups in total. The zero-order valence-electron chi connectivity index (χ0n) is 19.9. The molecule has 0 amide bonds. The van der Waals surface area contributed by atoms with Gasteiger partial charge < -0.3 is 9.64 Å². The van der Waals surface area contributed by atoms with Gasteiger partial charge >= 0.3 is 0 Å². The lowest BCUT2D eigenvalue weighted by molar-refractivity contribution is 0.247. The number of nitrogens with zero attached hydrogens (tertiary/aromatic N) is 4. The van der Waals surface area contributed by atoms with E-state index in [0.29, 0.717) is 29.9 Å². The molecule has 35 heavy (non-hydrogen) atoms. The van der Waals surface area contributed by atoms with Gasteiger partial charge in [0, 0.05) is 61.3 Å². The van der Waals surface area contributed by atoms with Crippen LogP contribution in [0.15, 0.2) is 83.7 Å². The molecule has 0 bridgehead atoms. The molecule has 3 aromatic carbocycles. The fourth-order valence-electron chi connectivity index (χ4n) is 4.89. The highest BCUT2D eigenvalue weighted by atomic mass is 16.5. The Bertz CT molecular complexity index is 1420. The van der Waals surface area contributed by atoms with Crippen molar-refractivity contribution in [3.05, 3.63) is 94.9 Å².